The zero-order valence-electron chi connectivity index (χ0n) is 12.3. The predicted molar refractivity (Wildman–Crippen MR) is 81.7 cm³/mol. The minimum atomic E-state index is 0.0315. The van der Waals surface area contributed by atoms with Gasteiger partial charge in [-0.3, -0.25) is 0 Å². The molecule has 0 aromatic heterocycles. The maximum absolute atomic E-state index is 12.0. The summed E-state index contributed by atoms with van der Waals surface area (Å²) in [6.45, 7) is 4.33. The Morgan fingerprint density at radius 1 is 1.40 bits per heavy atom. The van der Waals surface area contributed by atoms with Crippen LogP contribution in [-0.2, 0) is 6.42 Å². The molecular weight excluding hydrogens is 250 g/mol. The van der Waals surface area contributed by atoms with Gasteiger partial charge in [-0.1, -0.05) is 29.8 Å². The average molecular weight is 275 g/mol. The highest BCUT2D eigenvalue weighted by atomic mass is 16.2. The van der Waals surface area contributed by atoms with Gasteiger partial charge in [0.25, 0.3) is 0 Å². The van der Waals surface area contributed by atoms with Gasteiger partial charge >= 0.3 is 6.03 Å². The molecule has 2 amide bonds. The number of carbonyl (C=O) groups excluding carboxylic acids is 1. The van der Waals surface area contributed by atoms with Crippen molar-refractivity contribution in [1.82, 2.24) is 10.2 Å². The van der Waals surface area contributed by atoms with Gasteiger partial charge in [0.1, 0.15) is 0 Å². The maximum atomic E-state index is 12.0. The van der Waals surface area contributed by atoms with Gasteiger partial charge in [0.2, 0.25) is 0 Å². The van der Waals surface area contributed by atoms with Gasteiger partial charge in [-0.05, 0) is 38.2 Å². The van der Waals surface area contributed by atoms with Crippen molar-refractivity contribution in [2.45, 2.75) is 38.6 Å². The second-order valence-electron chi connectivity index (χ2n) is 5.67. The number of hydrogen-bond donors (Lipinski definition) is 2. The number of likely N-dealkylation sites (tertiary alicyclic amines) is 1. The maximum Gasteiger partial charge on any atom is 0.317 e. The Hall–Kier alpha value is -1.55. The highest BCUT2D eigenvalue weighted by Gasteiger charge is 2.20. The summed E-state index contributed by atoms with van der Waals surface area (Å²) in [5, 5.41) is 2.99. The van der Waals surface area contributed by atoms with Crippen LogP contribution in [0.1, 0.15) is 30.4 Å². The lowest BCUT2D eigenvalue weighted by molar-refractivity contribution is 0.180. The third-order valence-electron chi connectivity index (χ3n) is 3.78. The zero-order valence-corrected chi connectivity index (χ0v) is 12.3. The molecule has 0 aliphatic carbocycles. The summed E-state index contributed by atoms with van der Waals surface area (Å²) < 4.78 is 0. The molecular formula is C16H25N3O. The molecule has 1 aromatic rings. The van der Waals surface area contributed by atoms with E-state index in [0.29, 0.717) is 6.54 Å². The molecule has 4 nitrogen and oxygen atoms in total. The number of carbonyl (C=O) groups is 1. The van der Waals surface area contributed by atoms with Crippen LogP contribution >= 0.6 is 0 Å². The fourth-order valence-corrected chi connectivity index (χ4v) is 2.55. The van der Waals surface area contributed by atoms with Crippen molar-refractivity contribution in [3.05, 3.63) is 35.4 Å². The smallest absolute Gasteiger partial charge is 0.317 e. The molecule has 3 N–H and O–H groups in total. The van der Waals surface area contributed by atoms with Crippen LogP contribution in [-0.4, -0.2) is 36.6 Å². The van der Waals surface area contributed by atoms with E-state index in [4.69, 9.17) is 5.73 Å². The molecule has 1 aliphatic heterocycles. The number of piperidine rings is 1. The standard InChI is InChI=1S/C16H25N3O/c1-13-6-8-14(9-7-13)4-2-10-18-16(20)19-11-3-5-15(17)12-19/h6-9,15H,2-5,10-12,17H2,1H3,(H,18,20)/t15-/m0/s1. The van der Waals surface area contributed by atoms with Crippen LogP contribution in [0.4, 0.5) is 4.79 Å². The first-order valence-corrected chi connectivity index (χ1v) is 7.49. The van der Waals surface area contributed by atoms with Crippen LogP contribution < -0.4 is 11.1 Å². The Morgan fingerprint density at radius 3 is 2.85 bits per heavy atom. The second kappa shape index (κ2) is 7.29. The Bertz CT molecular complexity index is 430. The quantitative estimate of drug-likeness (QED) is 0.826. The zero-order chi connectivity index (χ0) is 14.4. The van der Waals surface area contributed by atoms with Crippen molar-refractivity contribution in [2.75, 3.05) is 19.6 Å². The minimum absolute atomic E-state index is 0.0315. The molecule has 0 unspecified atom stereocenters. The van der Waals surface area contributed by atoms with Gasteiger partial charge in [-0.2, -0.15) is 0 Å². The molecule has 4 heteroatoms. The SMILES string of the molecule is Cc1ccc(CCCNC(=O)N2CCC[C@H](N)C2)cc1. The number of nitrogens with zero attached hydrogens (tertiary/aromatic N) is 1. The summed E-state index contributed by atoms with van der Waals surface area (Å²) in [6.07, 6.45) is 4.00. The van der Waals surface area contributed by atoms with E-state index in [1.165, 1.54) is 11.1 Å². The highest BCUT2D eigenvalue weighted by molar-refractivity contribution is 5.74. The van der Waals surface area contributed by atoms with Gasteiger partial charge in [-0.15, -0.1) is 0 Å². The summed E-state index contributed by atoms with van der Waals surface area (Å²) in [4.78, 5) is 13.8. The van der Waals surface area contributed by atoms with Crippen LogP contribution in [0, 0.1) is 6.92 Å². The number of amides is 2. The first kappa shape index (κ1) is 14.9. The Labute approximate surface area is 121 Å². The van der Waals surface area contributed by atoms with Crippen LogP contribution in [0.2, 0.25) is 0 Å². The highest BCUT2D eigenvalue weighted by Crippen LogP contribution is 2.08. The molecule has 1 aromatic carbocycles. The third-order valence-corrected chi connectivity index (χ3v) is 3.78. The number of urea groups is 1. The lowest BCUT2D eigenvalue weighted by atomic mass is 10.1. The lowest BCUT2D eigenvalue weighted by Crippen LogP contribution is -2.49. The number of nitrogens with two attached hydrogens (primary N) is 1. The van der Waals surface area contributed by atoms with E-state index >= 15 is 0 Å². The predicted octanol–water partition coefficient (Wildman–Crippen LogP) is 2.06. The molecule has 1 atom stereocenters. The van der Waals surface area contributed by atoms with Gasteiger partial charge in [0.15, 0.2) is 0 Å². The van der Waals surface area contributed by atoms with Crippen molar-refractivity contribution in [2.24, 2.45) is 5.73 Å². The topological polar surface area (TPSA) is 58.4 Å². The monoisotopic (exact) mass is 275 g/mol. The van der Waals surface area contributed by atoms with Crippen LogP contribution in [0.15, 0.2) is 24.3 Å². The summed E-state index contributed by atoms with van der Waals surface area (Å²) in [5.74, 6) is 0. The van der Waals surface area contributed by atoms with Gasteiger partial charge < -0.3 is 16.0 Å². The van der Waals surface area contributed by atoms with Crippen molar-refractivity contribution >= 4 is 6.03 Å². The molecule has 0 bridgehead atoms. The van der Waals surface area contributed by atoms with E-state index in [2.05, 4.69) is 36.5 Å². The third kappa shape index (κ3) is 4.53. The van der Waals surface area contributed by atoms with E-state index in [9.17, 15) is 4.79 Å². The number of aryl methyl sites for hydroxylation is 2. The number of benzene rings is 1. The van der Waals surface area contributed by atoms with Crippen molar-refractivity contribution < 1.29 is 4.79 Å². The van der Waals surface area contributed by atoms with Gasteiger partial charge in [0.05, 0.1) is 0 Å². The fraction of sp³-hybridized carbons (Fsp3) is 0.562. The number of nitrogens with one attached hydrogen (secondary N) is 1. The first-order chi connectivity index (χ1) is 9.65. The van der Waals surface area contributed by atoms with Crippen molar-refractivity contribution in [3.8, 4) is 0 Å². The van der Waals surface area contributed by atoms with E-state index in [1.807, 2.05) is 4.90 Å². The molecule has 2 rings (SSSR count). The van der Waals surface area contributed by atoms with E-state index < -0.39 is 0 Å². The normalized spacial score (nSPS) is 18.9. The Kier molecular flexibility index (Phi) is 5.41. The average Bonchev–Trinajstić information content (AvgIpc) is 2.45. The number of rotatable bonds is 4. The molecule has 1 saturated heterocycles. The Balaban J connectivity index is 1.65. The summed E-state index contributed by atoms with van der Waals surface area (Å²) in [7, 11) is 0. The van der Waals surface area contributed by atoms with E-state index in [1.54, 1.807) is 0 Å². The van der Waals surface area contributed by atoms with Crippen LogP contribution in [0.25, 0.3) is 0 Å². The van der Waals surface area contributed by atoms with E-state index in [0.717, 1.165) is 38.8 Å². The molecule has 1 fully saturated rings. The molecule has 20 heavy (non-hydrogen) atoms. The molecule has 110 valence electrons. The lowest BCUT2D eigenvalue weighted by Gasteiger charge is -2.30. The Morgan fingerprint density at radius 2 is 2.15 bits per heavy atom. The van der Waals surface area contributed by atoms with Crippen molar-refractivity contribution in [3.63, 3.8) is 0 Å². The first-order valence-electron chi connectivity index (χ1n) is 7.49. The van der Waals surface area contributed by atoms with Crippen LogP contribution in [0.3, 0.4) is 0 Å². The number of hydrogen-bond acceptors (Lipinski definition) is 2. The van der Waals surface area contributed by atoms with Crippen molar-refractivity contribution in [1.29, 1.82) is 0 Å². The minimum Gasteiger partial charge on any atom is -0.338 e. The molecule has 1 heterocycles. The largest absolute Gasteiger partial charge is 0.338 e. The summed E-state index contributed by atoms with van der Waals surface area (Å²) >= 11 is 0. The van der Waals surface area contributed by atoms with Gasteiger partial charge in [0, 0.05) is 25.7 Å². The van der Waals surface area contributed by atoms with Gasteiger partial charge in [-0.25, -0.2) is 4.79 Å². The molecule has 0 saturated carbocycles. The second-order valence-corrected chi connectivity index (χ2v) is 5.67. The summed E-state index contributed by atoms with van der Waals surface area (Å²) in [6, 6.07) is 8.74. The van der Waals surface area contributed by atoms with Crippen LogP contribution in [0.5, 0.6) is 0 Å². The molecule has 0 radical (unpaired) electrons. The van der Waals surface area contributed by atoms with E-state index in [-0.39, 0.29) is 12.1 Å². The molecule has 1 aliphatic rings. The fourth-order valence-electron chi connectivity index (χ4n) is 2.55. The summed E-state index contributed by atoms with van der Waals surface area (Å²) in [5.41, 5.74) is 8.49. The molecule has 0 spiro atoms.